The molecule has 0 unspecified atom stereocenters. The summed E-state index contributed by atoms with van der Waals surface area (Å²) >= 11 is 5.83. The summed E-state index contributed by atoms with van der Waals surface area (Å²) in [5, 5.41) is -0.163. The monoisotopic (exact) mass is 344 g/mol. The fourth-order valence-electron chi connectivity index (χ4n) is 1.62. The Hall–Kier alpha value is -2.12. The van der Waals surface area contributed by atoms with Gasteiger partial charge in [0, 0.05) is 0 Å². The predicted molar refractivity (Wildman–Crippen MR) is 77.0 cm³/mol. The number of halogens is 2. The first-order valence-corrected chi connectivity index (χ1v) is 7.70. The van der Waals surface area contributed by atoms with Crippen molar-refractivity contribution >= 4 is 27.7 Å². The molecular weight excluding hydrogens is 335 g/mol. The van der Waals surface area contributed by atoms with Gasteiger partial charge in [-0.25, -0.2) is 9.18 Å². The predicted octanol–water partition coefficient (Wildman–Crippen LogP) is 3.03. The van der Waals surface area contributed by atoms with Crippen LogP contribution in [0.2, 0.25) is 5.02 Å². The second-order valence-corrected chi connectivity index (χ2v) is 6.03. The van der Waals surface area contributed by atoms with Crippen molar-refractivity contribution in [3.8, 4) is 5.75 Å². The van der Waals surface area contributed by atoms with E-state index in [0.29, 0.717) is 0 Å². The van der Waals surface area contributed by atoms with E-state index in [1.807, 2.05) is 0 Å². The molecule has 2 aromatic rings. The molecule has 0 bridgehead atoms. The molecule has 0 aliphatic heterocycles. The standard InChI is InChI=1S/C14H10ClFO5S/c1-20-14(17)9-6-7-10(15)13(8-9)22(18,19)21-12-5-3-2-4-11(12)16/h2-8H,1H3. The summed E-state index contributed by atoms with van der Waals surface area (Å²) in [6.07, 6.45) is 0. The Kier molecular flexibility index (Phi) is 4.68. The molecule has 116 valence electrons. The van der Waals surface area contributed by atoms with E-state index >= 15 is 0 Å². The topological polar surface area (TPSA) is 69.7 Å². The Morgan fingerprint density at radius 1 is 1.18 bits per heavy atom. The largest absolute Gasteiger partial charge is 0.465 e. The van der Waals surface area contributed by atoms with E-state index in [9.17, 15) is 17.6 Å². The summed E-state index contributed by atoms with van der Waals surface area (Å²) in [4.78, 5) is 11.0. The van der Waals surface area contributed by atoms with Crippen LogP contribution in [0.15, 0.2) is 47.4 Å². The van der Waals surface area contributed by atoms with Gasteiger partial charge in [0.1, 0.15) is 4.90 Å². The highest BCUT2D eigenvalue weighted by Crippen LogP contribution is 2.27. The summed E-state index contributed by atoms with van der Waals surface area (Å²) in [6, 6.07) is 8.54. The van der Waals surface area contributed by atoms with Crippen LogP contribution in [0.25, 0.3) is 0 Å². The third-order valence-electron chi connectivity index (χ3n) is 2.66. The molecule has 0 aliphatic carbocycles. The van der Waals surface area contributed by atoms with Crippen LogP contribution in [0.1, 0.15) is 10.4 Å². The number of benzene rings is 2. The Morgan fingerprint density at radius 2 is 1.86 bits per heavy atom. The first kappa shape index (κ1) is 16.3. The maximum absolute atomic E-state index is 13.5. The molecule has 0 fully saturated rings. The van der Waals surface area contributed by atoms with Crippen molar-refractivity contribution in [2.75, 3.05) is 7.11 Å². The zero-order valence-corrected chi connectivity index (χ0v) is 12.8. The highest BCUT2D eigenvalue weighted by molar-refractivity contribution is 7.87. The first-order chi connectivity index (χ1) is 10.3. The minimum Gasteiger partial charge on any atom is -0.465 e. The summed E-state index contributed by atoms with van der Waals surface area (Å²) < 4.78 is 47.2. The molecule has 22 heavy (non-hydrogen) atoms. The van der Waals surface area contributed by atoms with E-state index in [2.05, 4.69) is 4.74 Å². The van der Waals surface area contributed by atoms with Gasteiger partial charge in [0.05, 0.1) is 17.7 Å². The minimum absolute atomic E-state index is 0.0254. The fourth-order valence-corrected chi connectivity index (χ4v) is 3.06. The number of ether oxygens (including phenoxy) is 1. The van der Waals surface area contributed by atoms with Gasteiger partial charge in [-0.3, -0.25) is 0 Å². The van der Waals surface area contributed by atoms with Crippen LogP contribution in [0.4, 0.5) is 4.39 Å². The van der Waals surface area contributed by atoms with E-state index in [4.69, 9.17) is 15.8 Å². The van der Waals surface area contributed by atoms with Crippen LogP contribution in [0.3, 0.4) is 0 Å². The third-order valence-corrected chi connectivity index (χ3v) is 4.37. The van der Waals surface area contributed by atoms with E-state index in [-0.39, 0.29) is 10.6 Å². The third kappa shape index (κ3) is 3.37. The number of rotatable bonds is 4. The lowest BCUT2D eigenvalue weighted by Gasteiger charge is -2.10. The molecule has 0 N–H and O–H groups in total. The highest BCUT2D eigenvalue weighted by atomic mass is 35.5. The van der Waals surface area contributed by atoms with Crippen LogP contribution < -0.4 is 4.18 Å². The number of esters is 1. The number of methoxy groups -OCH3 is 1. The van der Waals surface area contributed by atoms with Gasteiger partial charge in [-0.15, -0.1) is 0 Å². The highest BCUT2D eigenvalue weighted by Gasteiger charge is 2.23. The lowest BCUT2D eigenvalue weighted by Crippen LogP contribution is -2.12. The van der Waals surface area contributed by atoms with Crippen molar-refractivity contribution in [1.82, 2.24) is 0 Å². The lowest BCUT2D eigenvalue weighted by atomic mass is 10.2. The zero-order chi connectivity index (χ0) is 16.3. The Bertz CT molecular complexity index is 820. The molecule has 0 spiro atoms. The van der Waals surface area contributed by atoms with Gasteiger partial charge in [0.2, 0.25) is 0 Å². The SMILES string of the molecule is COC(=O)c1ccc(Cl)c(S(=O)(=O)Oc2ccccc2F)c1. The molecular formula is C14H10ClFO5S. The molecule has 8 heteroatoms. The summed E-state index contributed by atoms with van der Waals surface area (Å²) in [7, 11) is -3.26. The van der Waals surface area contributed by atoms with Gasteiger partial charge in [0.25, 0.3) is 0 Å². The molecule has 0 saturated carbocycles. The van der Waals surface area contributed by atoms with Crippen molar-refractivity contribution in [2.24, 2.45) is 0 Å². The van der Waals surface area contributed by atoms with Gasteiger partial charge in [-0.2, -0.15) is 8.42 Å². The summed E-state index contributed by atoms with van der Waals surface area (Å²) in [5.41, 5.74) is -0.0254. The number of carbonyl (C=O) groups is 1. The van der Waals surface area contributed by atoms with Crippen LogP contribution >= 0.6 is 11.6 Å². The van der Waals surface area contributed by atoms with Gasteiger partial charge in [0.15, 0.2) is 11.6 Å². The zero-order valence-electron chi connectivity index (χ0n) is 11.2. The van der Waals surface area contributed by atoms with Crippen molar-refractivity contribution in [3.05, 3.63) is 58.9 Å². The maximum atomic E-state index is 13.5. The Balaban J connectivity index is 2.45. The molecule has 0 amide bonds. The molecule has 2 rings (SSSR count). The quantitative estimate of drug-likeness (QED) is 0.630. The van der Waals surface area contributed by atoms with Crippen molar-refractivity contribution < 1.29 is 26.5 Å². The van der Waals surface area contributed by atoms with Gasteiger partial charge in [-0.1, -0.05) is 23.7 Å². The van der Waals surface area contributed by atoms with Crippen molar-refractivity contribution in [1.29, 1.82) is 0 Å². The molecule has 0 radical (unpaired) electrons. The number of hydrogen-bond acceptors (Lipinski definition) is 5. The Morgan fingerprint density at radius 3 is 2.50 bits per heavy atom. The van der Waals surface area contributed by atoms with Gasteiger partial charge < -0.3 is 8.92 Å². The maximum Gasteiger partial charge on any atom is 0.340 e. The normalized spacial score (nSPS) is 11.0. The van der Waals surface area contributed by atoms with Gasteiger partial charge >= 0.3 is 16.1 Å². The van der Waals surface area contributed by atoms with Crippen LogP contribution in [-0.4, -0.2) is 21.5 Å². The Labute approximate surface area is 131 Å². The second-order valence-electron chi connectivity index (χ2n) is 4.10. The van der Waals surface area contributed by atoms with E-state index in [0.717, 1.165) is 25.3 Å². The molecule has 5 nitrogen and oxygen atoms in total. The average Bonchev–Trinajstić information content (AvgIpc) is 2.49. The lowest BCUT2D eigenvalue weighted by molar-refractivity contribution is 0.0600. The van der Waals surface area contributed by atoms with E-state index in [1.54, 1.807) is 0 Å². The van der Waals surface area contributed by atoms with Crippen molar-refractivity contribution in [2.45, 2.75) is 4.90 Å². The molecule has 0 aromatic heterocycles. The average molecular weight is 345 g/mol. The fraction of sp³-hybridized carbons (Fsp3) is 0.0714. The smallest absolute Gasteiger partial charge is 0.340 e. The number of carbonyl (C=O) groups excluding carboxylic acids is 1. The molecule has 0 saturated heterocycles. The van der Waals surface area contributed by atoms with Crippen LogP contribution in [-0.2, 0) is 14.9 Å². The first-order valence-electron chi connectivity index (χ1n) is 5.92. The molecule has 0 heterocycles. The van der Waals surface area contributed by atoms with Crippen molar-refractivity contribution in [3.63, 3.8) is 0 Å². The molecule has 0 atom stereocenters. The number of hydrogen-bond donors (Lipinski definition) is 0. The van der Waals surface area contributed by atoms with E-state index < -0.39 is 32.5 Å². The van der Waals surface area contributed by atoms with Crippen LogP contribution in [0, 0.1) is 5.82 Å². The minimum atomic E-state index is -4.41. The summed E-state index contributed by atoms with van der Waals surface area (Å²) in [5.74, 6) is -2.05. The second kappa shape index (κ2) is 6.33. The van der Waals surface area contributed by atoms with E-state index in [1.165, 1.54) is 24.3 Å². The number of para-hydroxylation sites is 1. The summed E-state index contributed by atoms with van der Waals surface area (Å²) in [6.45, 7) is 0. The molecule has 0 aliphatic rings. The van der Waals surface area contributed by atoms with Gasteiger partial charge in [-0.05, 0) is 30.3 Å². The molecule has 2 aromatic carbocycles. The van der Waals surface area contributed by atoms with Crippen LogP contribution in [0.5, 0.6) is 5.75 Å².